The van der Waals surface area contributed by atoms with Crippen molar-refractivity contribution in [2.24, 2.45) is 17.3 Å². The maximum Gasteiger partial charge on any atom is 0.339 e. The fourth-order valence-electron chi connectivity index (χ4n) is 8.01. The number of rotatable bonds is 4. The molecule has 37 heavy (non-hydrogen) atoms. The Hall–Kier alpha value is -2.57. The fraction of sp³-hybridized carbons (Fsp3) is 0.484. The van der Waals surface area contributed by atoms with Gasteiger partial charge in [-0.25, -0.2) is 0 Å². The third-order valence-electron chi connectivity index (χ3n) is 9.77. The van der Waals surface area contributed by atoms with Crippen molar-refractivity contribution in [1.29, 1.82) is 0 Å². The number of fused-ring (bicyclic) bond motifs is 6. The van der Waals surface area contributed by atoms with E-state index in [9.17, 15) is 13.5 Å². The summed E-state index contributed by atoms with van der Waals surface area (Å²) in [7, 11) is -0.116. The summed E-state index contributed by atoms with van der Waals surface area (Å²) in [6, 6.07) is 14.9. The highest BCUT2D eigenvalue weighted by Crippen LogP contribution is 2.61. The third-order valence-corrected chi connectivity index (χ3v) is 11.1. The molecule has 0 heterocycles. The van der Waals surface area contributed by atoms with Gasteiger partial charge in [-0.3, -0.25) is 0 Å². The van der Waals surface area contributed by atoms with Gasteiger partial charge in [-0.2, -0.15) is 8.42 Å². The lowest BCUT2D eigenvalue weighted by molar-refractivity contribution is -0.0227. The Morgan fingerprint density at radius 1 is 1.00 bits per heavy atom. The van der Waals surface area contributed by atoms with Gasteiger partial charge >= 0.3 is 10.1 Å². The van der Waals surface area contributed by atoms with E-state index >= 15 is 0 Å². The highest BCUT2D eigenvalue weighted by molar-refractivity contribution is 7.87. The van der Waals surface area contributed by atoms with Gasteiger partial charge in [-0.1, -0.05) is 31.2 Å². The lowest BCUT2D eigenvalue weighted by Gasteiger charge is -2.50. The van der Waals surface area contributed by atoms with Crippen molar-refractivity contribution < 1.29 is 17.7 Å². The molecule has 3 aromatic rings. The number of aliphatic hydroxyl groups is 1. The van der Waals surface area contributed by atoms with E-state index in [1.54, 1.807) is 12.1 Å². The molecule has 0 bridgehead atoms. The van der Waals surface area contributed by atoms with E-state index in [0.29, 0.717) is 28.9 Å². The molecule has 3 aliphatic rings. The second-order valence-corrected chi connectivity index (χ2v) is 13.4. The molecule has 5 atom stereocenters. The molecule has 0 amide bonds. The lowest BCUT2D eigenvalue weighted by Crippen LogP contribution is -2.44. The molecule has 0 unspecified atom stereocenters. The molecule has 196 valence electrons. The Morgan fingerprint density at radius 3 is 2.54 bits per heavy atom. The molecule has 2 saturated carbocycles. The normalized spacial score (nSPS) is 28.9. The zero-order valence-corrected chi connectivity index (χ0v) is 23.0. The smallest absolute Gasteiger partial charge is 0.339 e. The SMILES string of the molecule is Cc1cc(OS(=O)(=O)c2cccc3c(N(C)C)cccc23)cc2c1[C@H]1CC[C@]3(C)[C@@H](O)CC[C@H]3[C@@H]1CC2. The number of aryl methyl sites for hydroxylation is 2. The molecule has 2 fully saturated rings. The van der Waals surface area contributed by atoms with Crippen LogP contribution in [0, 0.1) is 24.2 Å². The van der Waals surface area contributed by atoms with Crippen LogP contribution in [-0.2, 0) is 16.5 Å². The molecule has 0 radical (unpaired) electrons. The van der Waals surface area contributed by atoms with Gasteiger partial charge in [0.25, 0.3) is 0 Å². The van der Waals surface area contributed by atoms with E-state index < -0.39 is 10.1 Å². The average molecular weight is 520 g/mol. The summed E-state index contributed by atoms with van der Waals surface area (Å²) in [5, 5.41) is 12.2. The minimum Gasteiger partial charge on any atom is -0.393 e. The van der Waals surface area contributed by atoms with Gasteiger partial charge in [0.1, 0.15) is 10.6 Å². The standard InChI is InChI=1S/C31H37NO4S/c1-19-17-21(36-37(34,35)28-10-6-7-23-24(28)8-5-9-27(23)32(3)4)18-20-11-12-22-25(30(19)20)15-16-31(2)26(22)13-14-29(31)33/h5-10,17-18,22,25-26,29,33H,11-16H2,1-4H3/t22-,25+,26+,29+,31+/m1/s1. The quantitative estimate of drug-likeness (QED) is 0.416. The first kappa shape index (κ1) is 24.7. The Morgan fingerprint density at radius 2 is 1.76 bits per heavy atom. The van der Waals surface area contributed by atoms with Crippen LogP contribution in [0.25, 0.3) is 10.8 Å². The first-order valence-corrected chi connectivity index (χ1v) is 15.0. The van der Waals surface area contributed by atoms with E-state index in [1.807, 2.05) is 55.4 Å². The van der Waals surface area contributed by atoms with Crippen LogP contribution in [0.5, 0.6) is 5.75 Å². The van der Waals surface area contributed by atoms with E-state index in [1.165, 1.54) is 11.1 Å². The number of benzene rings is 3. The van der Waals surface area contributed by atoms with Gasteiger partial charge in [-0.15, -0.1) is 0 Å². The predicted molar refractivity (Wildman–Crippen MR) is 148 cm³/mol. The van der Waals surface area contributed by atoms with Crippen molar-refractivity contribution in [2.75, 3.05) is 19.0 Å². The van der Waals surface area contributed by atoms with Crippen molar-refractivity contribution in [3.8, 4) is 5.75 Å². The van der Waals surface area contributed by atoms with Crippen LogP contribution in [0.3, 0.4) is 0 Å². The van der Waals surface area contributed by atoms with Gasteiger partial charge in [0.15, 0.2) is 0 Å². The highest BCUT2D eigenvalue weighted by Gasteiger charge is 2.54. The average Bonchev–Trinajstić information content (AvgIpc) is 3.16. The Balaban J connectivity index is 1.33. The zero-order valence-electron chi connectivity index (χ0n) is 22.2. The third kappa shape index (κ3) is 3.87. The molecule has 1 N–H and O–H groups in total. The predicted octanol–water partition coefficient (Wildman–Crippen LogP) is 6.20. The minimum absolute atomic E-state index is 0.0502. The van der Waals surface area contributed by atoms with Crippen LogP contribution < -0.4 is 9.08 Å². The number of hydrogen-bond acceptors (Lipinski definition) is 5. The molecule has 5 nitrogen and oxygen atoms in total. The number of aliphatic hydroxyl groups excluding tert-OH is 1. The van der Waals surface area contributed by atoms with E-state index in [4.69, 9.17) is 4.18 Å². The monoisotopic (exact) mass is 519 g/mol. The molecular weight excluding hydrogens is 482 g/mol. The highest BCUT2D eigenvalue weighted by atomic mass is 32.2. The van der Waals surface area contributed by atoms with Gasteiger partial charge in [0.2, 0.25) is 0 Å². The van der Waals surface area contributed by atoms with Gasteiger partial charge in [-0.05, 0) is 110 Å². The maximum absolute atomic E-state index is 13.5. The molecule has 6 heteroatoms. The molecular formula is C31H37NO4S. The van der Waals surface area contributed by atoms with E-state index in [2.05, 4.69) is 13.8 Å². The van der Waals surface area contributed by atoms with Gasteiger partial charge < -0.3 is 14.2 Å². The number of nitrogens with zero attached hydrogens (tertiary/aromatic N) is 1. The van der Waals surface area contributed by atoms with Crippen LogP contribution in [0.1, 0.15) is 61.6 Å². The van der Waals surface area contributed by atoms with Crippen molar-refractivity contribution in [2.45, 2.75) is 69.3 Å². The Kier molecular flexibility index (Phi) is 5.85. The van der Waals surface area contributed by atoms with Crippen LogP contribution in [0.4, 0.5) is 5.69 Å². The van der Waals surface area contributed by atoms with Gasteiger partial charge in [0, 0.05) is 30.6 Å². The summed E-state index contributed by atoms with van der Waals surface area (Å²) in [4.78, 5) is 2.18. The van der Waals surface area contributed by atoms with Crippen molar-refractivity contribution in [3.63, 3.8) is 0 Å². The number of hydrogen-bond donors (Lipinski definition) is 1. The molecule has 0 spiro atoms. The van der Waals surface area contributed by atoms with Gasteiger partial charge in [0.05, 0.1) is 6.10 Å². The topological polar surface area (TPSA) is 66.8 Å². The summed E-state index contributed by atoms with van der Waals surface area (Å²) in [5.41, 5.74) is 4.75. The van der Waals surface area contributed by atoms with E-state index in [0.717, 1.165) is 55.2 Å². The first-order valence-electron chi connectivity index (χ1n) is 13.6. The summed E-state index contributed by atoms with van der Waals surface area (Å²) in [6.45, 7) is 4.39. The first-order chi connectivity index (χ1) is 17.6. The molecule has 0 saturated heterocycles. The largest absolute Gasteiger partial charge is 0.393 e. The molecule has 0 aromatic heterocycles. The Bertz CT molecular complexity index is 1480. The van der Waals surface area contributed by atoms with Crippen LogP contribution in [0.2, 0.25) is 0 Å². The molecule has 3 aliphatic carbocycles. The molecule has 6 rings (SSSR count). The zero-order chi connectivity index (χ0) is 26.1. The summed E-state index contributed by atoms with van der Waals surface area (Å²) >= 11 is 0. The summed E-state index contributed by atoms with van der Waals surface area (Å²) in [6.07, 6.45) is 6.03. The summed E-state index contributed by atoms with van der Waals surface area (Å²) in [5.74, 6) is 2.05. The maximum atomic E-state index is 13.5. The second kappa shape index (κ2) is 8.74. The fourth-order valence-corrected chi connectivity index (χ4v) is 9.14. The number of anilines is 1. The second-order valence-electron chi connectivity index (χ2n) is 11.9. The van der Waals surface area contributed by atoms with E-state index in [-0.39, 0.29) is 16.4 Å². The van der Waals surface area contributed by atoms with Crippen molar-refractivity contribution in [1.82, 2.24) is 0 Å². The van der Waals surface area contributed by atoms with Crippen LogP contribution >= 0.6 is 0 Å². The van der Waals surface area contributed by atoms with Crippen LogP contribution in [-0.4, -0.2) is 33.7 Å². The van der Waals surface area contributed by atoms with Crippen molar-refractivity contribution >= 4 is 26.6 Å². The Labute approximate surface area is 220 Å². The summed E-state index contributed by atoms with van der Waals surface area (Å²) < 4.78 is 32.9. The molecule has 3 aromatic carbocycles. The minimum atomic E-state index is -4.02. The lowest BCUT2D eigenvalue weighted by atomic mass is 9.55. The van der Waals surface area contributed by atoms with Crippen molar-refractivity contribution in [3.05, 3.63) is 65.2 Å². The van der Waals surface area contributed by atoms with Crippen LogP contribution in [0.15, 0.2) is 53.4 Å². The molecule has 0 aliphatic heterocycles.